The second-order valence-electron chi connectivity index (χ2n) is 10.7. The third kappa shape index (κ3) is 5.68. The van der Waals surface area contributed by atoms with Crippen LogP contribution in [0.15, 0.2) is 53.6 Å². The van der Waals surface area contributed by atoms with Crippen molar-refractivity contribution in [3.63, 3.8) is 0 Å². The standard InChI is InChI=1S/C29H27ClF3N7O3/c30-17-11-21(25(26(32)33)36-13-17)27(41)37-19-4-1-16(2-5-19)15-39-23-12-18(31)3-7-22(23)40(29(39)43)20-6-8-24(35-14-20)38-10-9-34-28(38)42/h3,6-8,11-14,16,19,26H,1-2,4-5,9-10,15H2,(H,34,42)(H,37,41)/t16-,19-. The average molecular weight is 614 g/mol. The first-order valence-corrected chi connectivity index (χ1v) is 14.2. The number of nitrogens with one attached hydrogen (secondary N) is 2. The van der Waals surface area contributed by atoms with Crippen molar-refractivity contribution in [1.29, 1.82) is 0 Å². The van der Waals surface area contributed by atoms with Gasteiger partial charge in [0.15, 0.2) is 0 Å². The lowest BCUT2D eigenvalue weighted by Gasteiger charge is -2.29. The summed E-state index contributed by atoms with van der Waals surface area (Å²) in [6.45, 7) is 1.35. The molecule has 1 aromatic carbocycles. The maximum absolute atomic E-state index is 14.3. The van der Waals surface area contributed by atoms with Gasteiger partial charge < -0.3 is 10.6 Å². The first-order valence-electron chi connectivity index (χ1n) is 13.9. The van der Waals surface area contributed by atoms with Gasteiger partial charge >= 0.3 is 11.7 Å². The van der Waals surface area contributed by atoms with Gasteiger partial charge in [0.2, 0.25) is 0 Å². The van der Waals surface area contributed by atoms with E-state index in [2.05, 4.69) is 20.6 Å². The van der Waals surface area contributed by atoms with Crippen LogP contribution in [0.5, 0.6) is 0 Å². The first kappa shape index (κ1) is 28.7. The van der Waals surface area contributed by atoms with E-state index in [1.807, 2.05) is 0 Å². The zero-order valence-corrected chi connectivity index (χ0v) is 23.5. The number of aromatic nitrogens is 4. The summed E-state index contributed by atoms with van der Waals surface area (Å²) < 4.78 is 44.1. The van der Waals surface area contributed by atoms with Crippen molar-refractivity contribution < 1.29 is 22.8 Å². The minimum Gasteiger partial charge on any atom is -0.349 e. The molecule has 2 N–H and O–H groups in total. The van der Waals surface area contributed by atoms with Gasteiger partial charge in [-0.3, -0.25) is 23.8 Å². The van der Waals surface area contributed by atoms with E-state index in [-0.39, 0.29) is 34.3 Å². The highest BCUT2D eigenvalue weighted by molar-refractivity contribution is 6.30. The quantitative estimate of drug-likeness (QED) is 0.310. The van der Waals surface area contributed by atoms with Crippen LogP contribution >= 0.6 is 11.6 Å². The smallest absolute Gasteiger partial charge is 0.333 e. The lowest BCUT2D eigenvalue weighted by Crippen LogP contribution is -2.39. The molecule has 1 saturated carbocycles. The number of urea groups is 1. The molecular formula is C29H27ClF3N7O3. The van der Waals surface area contributed by atoms with Crippen molar-refractivity contribution >= 4 is 40.4 Å². The number of hydrogen-bond donors (Lipinski definition) is 2. The average Bonchev–Trinajstić information content (AvgIpc) is 3.54. The van der Waals surface area contributed by atoms with Crippen molar-refractivity contribution in [2.24, 2.45) is 5.92 Å². The van der Waals surface area contributed by atoms with Gasteiger partial charge in [-0.1, -0.05) is 11.6 Å². The Morgan fingerprint density at radius 3 is 2.51 bits per heavy atom. The van der Waals surface area contributed by atoms with Crippen LogP contribution in [0.1, 0.15) is 48.2 Å². The lowest BCUT2D eigenvalue weighted by molar-refractivity contribution is 0.0904. The highest BCUT2D eigenvalue weighted by Gasteiger charge is 2.28. The van der Waals surface area contributed by atoms with E-state index in [4.69, 9.17) is 11.6 Å². The van der Waals surface area contributed by atoms with Crippen LogP contribution in [0.3, 0.4) is 0 Å². The molecule has 4 aromatic rings. The number of alkyl halides is 2. The summed E-state index contributed by atoms with van der Waals surface area (Å²) >= 11 is 5.89. The largest absolute Gasteiger partial charge is 0.349 e. The number of rotatable bonds is 7. The summed E-state index contributed by atoms with van der Waals surface area (Å²) in [7, 11) is 0. The molecule has 224 valence electrons. The minimum atomic E-state index is -2.92. The monoisotopic (exact) mass is 613 g/mol. The summed E-state index contributed by atoms with van der Waals surface area (Å²) in [5.74, 6) is -0.611. The van der Waals surface area contributed by atoms with Crippen LogP contribution in [0.25, 0.3) is 16.7 Å². The van der Waals surface area contributed by atoms with Crippen molar-refractivity contribution in [3.8, 4) is 5.69 Å². The van der Waals surface area contributed by atoms with Gasteiger partial charge in [-0.25, -0.2) is 27.7 Å². The molecular weight excluding hydrogens is 587 g/mol. The fraction of sp³-hybridized carbons (Fsp3) is 0.345. The van der Waals surface area contributed by atoms with Gasteiger partial charge in [0, 0.05) is 31.9 Å². The topological polar surface area (TPSA) is 114 Å². The summed E-state index contributed by atoms with van der Waals surface area (Å²) in [6, 6.07) is 8.24. The Labute approximate surface area is 248 Å². The molecule has 0 radical (unpaired) electrons. The van der Waals surface area contributed by atoms with Crippen LogP contribution in [0.2, 0.25) is 5.02 Å². The van der Waals surface area contributed by atoms with Gasteiger partial charge in [-0.15, -0.1) is 0 Å². The predicted octanol–water partition coefficient (Wildman–Crippen LogP) is 4.83. The first-order chi connectivity index (χ1) is 20.7. The second-order valence-corrected chi connectivity index (χ2v) is 11.1. The van der Waals surface area contributed by atoms with Crippen LogP contribution < -0.4 is 21.2 Å². The van der Waals surface area contributed by atoms with Gasteiger partial charge in [-0.05, 0) is 68.0 Å². The number of carbonyl (C=O) groups is 2. The fourth-order valence-electron chi connectivity index (χ4n) is 5.83. The molecule has 43 heavy (non-hydrogen) atoms. The normalized spacial score (nSPS) is 18.8. The minimum absolute atomic E-state index is 0.0619. The fourth-order valence-corrected chi connectivity index (χ4v) is 5.99. The molecule has 3 amide bonds. The van der Waals surface area contributed by atoms with Crippen LogP contribution in [-0.2, 0) is 6.54 Å². The van der Waals surface area contributed by atoms with Gasteiger partial charge in [0.05, 0.1) is 33.5 Å². The number of pyridine rings is 2. The van der Waals surface area contributed by atoms with Crippen molar-refractivity contribution in [1.82, 2.24) is 29.7 Å². The number of anilines is 1. The molecule has 0 bridgehead atoms. The third-order valence-corrected chi connectivity index (χ3v) is 8.18. The maximum Gasteiger partial charge on any atom is 0.333 e. The van der Waals surface area contributed by atoms with E-state index in [9.17, 15) is 27.6 Å². The highest BCUT2D eigenvalue weighted by atomic mass is 35.5. The molecule has 0 spiro atoms. The van der Waals surface area contributed by atoms with Crippen LogP contribution in [0.4, 0.5) is 23.8 Å². The zero-order valence-electron chi connectivity index (χ0n) is 22.8. The van der Waals surface area contributed by atoms with E-state index < -0.39 is 23.8 Å². The SMILES string of the molecule is O=C(N[C@H]1CC[C@H](Cn2c(=O)n(-c3ccc(N4CCNC4=O)nc3)c3ccc(F)cc32)CC1)c1cc(Cl)cnc1C(F)F. The Hall–Kier alpha value is -4.39. The number of carbonyl (C=O) groups excluding carboxylic acids is 2. The Balaban J connectivity index is 1.18. The summed E-state index contributed by atoms with van der Waals surface area (Å²) in [5, 5.41) is 5.62. The van der Waals surface area contributed by atoms with E-state index in [0.29, 0.717) is 67.9 Å². The van der Waals surface area contributed by atoms with Crippen molar-refractivity contribution in [2.45, 2.75) is 44.7 Å². The van der Waals surface area contributed by atoms with Crippen LogP contribution in [-0.4, -0.2) is 50.2 Å². The van der Waals surface area contributed by atoms with E-state index in [1.54, 1.807) is 22.8 Å². The summed E-state index contributed by atoms with van der Waals surface area (Å²) in [5.41, 5.74) is 0.218. The predicted molar refractivity (Wildman–Crippen MR) is 153 cm³/mol. The zero-order chi connectivity index (χ0) is 30.2. The van der Waals surface area contributed by atoms with E-state index in [0.717, 1.165) is 6.20 Å². The molecule has 14 heteroatoms. The van der Waals surface area contributed by atoms with Gasteiger partial charge in [0.25, 0.3) is 12.3 Å². The number of benzene rings is 1. The van der Waals surface area contributed by atoms with Crippen LogP contribution in [0, 0.1) is 11.7 Å². The van der Waals surface area contributed by atoms with E-state index in [1.165, 1.54) is 33.9 Å². The Bertz CT molecular complexity index is 1750. The third-order valence-electron chi connectivity index (χ3n) is 7.97. The molecule has 6 rings (SSSR count). The second kappa shape index (κ2) is 11.7. The van der Waals surface area contributed by atoms with E-state index >= 15 is 0 Å². The lowest BCUT2D eigenvalue weighted by atomic mass is 9.85. The number of amides is 3. The number of imidazole rings is 1. The highest BCUT2D eigenvalue weighted by Crippen LogP contribution is 2.29. The molecule has 10 nitrogen and oxygen atoms in total. The molecule has 0 unspecified atom stereocenters. The summed E-state index contributed by atoms with van der Waals surface area (Å²) in [6.07, 6.45) is 2.14. The molecule has 0 atom stereocenters. The maximum atomic E-state index is 14.3. The van der Waals surface area contributed by atoms with Crippen molar-refractivity contribution in [2.75, 3.05) is 18.0 Å². The molecule has 4 heterocycles. The number of nitrogens with zero attached hydrogens (tertiary/aromatic N) is 5. The van der Waals surface area contributed by atoms with Gasteiger partial charge in [-0.2, -0.15) is 0 Å². The van der Waals surface area contributed by atoms with Gasteiger partial charge in [0.1, 0.15) is 17.3 Å². The molecule has 2 fully saturated rings. The molecule has 1 aliphatic carbocycles. The Morgan fingerprint density at radius 2 is 1.84 bits per heavy atom. The number of halogens is 4. The molecule has 1 aliphatic heterocycles. The van der Waals surface area contributed by atoms with Crippen molar-refractivity contribution in [3.05, 3.63) is 81.4 Å². The molecule has 3 aromatic heterocycles. The molecule has 1 saturated heterocycles. The Kier molecular flexibility index (Phi) is 7.82. The number of hydrogen-bond acceptors (Lipinski definition) is 5. The number of fused-ring (bicyclic) bond motifs is 1. The molecule has 2 aliphatic rings. The summed E-state index contributed by atoms with van der Waals surface area (Å²) in [4.78, 5) is 48.0. The Morgan fingerprint density at radius 1 is 1.05 bits per heavy atom.